The predicted octanol–water partition coefficient (Wildman–Crippen LogP) is 0.0585. The summed E-state index contributed by atoms with van der Waals surface area (Å²) in [4.78, 5) is 3.82. The standard InChI is InChI=1S/C7H9FN4S/c8-5-2-1-3-10-6(5)4-11-7(13)12-9/h1-3H,4,9H2,(H2,11,12,13). The fourth-order valence-corrected chi connectivity index (χ4v) is 0.836. The van der Waals surface area contributed by atoms with Crippen molar-refractivity contribution < 1.29 is 4.39 Å². The fraction of sp³-hybridized carbons (Fsp3) is 0.143. The second-order valence-electron chi connectivity index (χ2n) is 2.26. The summed E-state index contributed by atoms with van der Waals surface area (Å²) in [6, 6.07) is 2.86. The van der Waals surface area contributed by atoms with E-state index in [4.69, 9.17) is 18.1 Å². The Hall–Kier alpha value is -1.27. The Kier molecular flexibility index (Phi) is 3.53. The third-order valence-corrected chi connectivity index (χ3v) is 1.64. The van der Waals surface area contributed by atoms with Gasteiger partial charge in [-0.25, -0.2) is 10.2 Å². The summed E-state index contributed by atoms with van der Waals surface area (Å²) in [5.74, 6) is 4.64. The molecule has 1 aromatic rings. The highest BCUT2D eigenvalue weighted by atomic mass is 32.1. The summed E-state index contributed by atoms with van der Waals surface area (Å²) in [6.45, 7) is 0.218. The van der Waals surface area contributed by atoms with E-state index in [1.165, 1.54) is 18.3 Å². The van der Waals surface area contributed by atoms with Crippen LogP contribution in [-0.2, 0) is 6.54 Å². The number of rotatable bonds is 2. The molecule has 0 fully saturated rings. The van der Waals surface area contributed by atoms with Crippen molar-refractivity contribution in [2.24, 2.45) is 5.84 Å². The Balaban J connectivity index is 2.54. The van der Waals surface area contributed by atoms with Crippen molar-refractivity contribution in [1.82, 2.24) is 15.7 Å². The predicted molar refractivity (Wildman–Crippen MR) is 51.0 cm³/mol. The molecule has 70 valence electrons. The highest BCUT2D eigenvalue weighted by Crippen LogP contribution is 2.00. The number of pyridine rings is 1. The van der Waals surface area contributed by atoms with Crippen molar-refractivity contribution in [3.8, 4) is 0 Å². The number of nitrogens with one attached hydrogen (secondary N) is 2. The van der Waals surface area contributed by atoms with E-state index in [-0.39, 0.29) is 17.5 Å². The second kappa shape index (κ2) is 4.68. The van der Waals surface area contributed by atoms with Gasteiger partial charge in [-0.3, -0.25) is 4.98 Å². The molecule has 0 aliphatic rings. The molecule has 6 heteroatoms. The average Bonchev–Trinajstić information content (AvgIpc) is 2.16. The van der Waals surface area contributed by atoms with Crippen LogP contribution in [-0.4, -0.2) is 10.1 Å². The van der Waals surface area contributed by atoms with E-state index in [1.807, 2.05) is 0 Å². The van der Waals surface area contributed by atoms with Crippen LogP contribution in [0.15, 0.2) is 18.3 Å². The van der Waals surface area contributed by atoms with Gasteiger partial charge in [-0.2, -0.15) is 0 Å². The van der Waals surface area contributed by atoms with E-state index >= 15 is 0 Å². The Bertz CT molecular complexity index is 304. The maximum Gasteiger partial charge on any atom is 0.180 e. The van der Waals surface area contributed by atoms with Gasteiger partial charge in [0.25, 0.3) is 0 Å². The molecule has 0 saturated heterocycles. The molecule has 0 atom stereocenters. The van der Waals surface area contributed by atoms with E-state index in [0.29, 0.717) is 5.69 Å². The van der Waals surface area contributed by atoms with Gasteiger partial charge in [-0.15, -0.1) is 0 Å². The lowest BCUT2D eigenvalue weighted by Gasteiger charge is -2.06. The lowest BCUT2D eigenvalue weighted by molar-refractivity contribution is 0.593. The quantitative estimate of drug-likeness (QED) is 0.358. The SMILES string of the molecule is NNC(=S)NCc1ncccc1F. The van der Waals surface area contributed by atoms with E-state index < -0.39 is 0 Å². The normalized spacial score (nSPS) is 9.38. The molecular weight excluding hydrogens is 191 g/mol. The summed E-state index contributed by atoms with van der Waals surface area (Å²) in [7, 11) is 0. The van der Waals surface area contributed by atoms with Crippen LogP contribution in [0.3, 0.4) is 0 Å². The molecule has 1 heterocycles. The Morgan fingerprint density at radius 1 is 1.69 bits per heavy atom. The molecule has 0 aromatic carbocycles. The van der Waals surface area contributed by atoms with Crippen LogP contribution in [0.2, 0.25) is 0 Å². The van der Waals surface area contributed by atoms with Gasteiger partial charge >= 0.3 is 0 Å². The first-order chi connectivity index (χ1) is 6.24. The molecule has 1 aromatic heterocycles. The van der Waals surface area contributed by atoms with Crippen molar-refractivity contribution in [1.29, 1.82) is 0 Å². The minimum atomic E-state index is -0.366. The van der Waals surface area contributed by atoms with Gasteiger partial charge in [0.1, 0.15) is 5.82 Å². The summed E-state index contributed by atoms with van der Waals surface area (Å²) < 4.78 is 12.9. The van der Waals surface area contributed by atoms with Crippen LogP contribution >= 0.6 is 12.2 Å². The largest absolute Gasteiger partial charge is 0.356 e. The molecule has 0 amide bonds. The maximum atomic E-state index is 12.9. The zero-order valence-electron chi connectivity index (χ0n) is 6.75. The van der Waals surface area contributed by atoms with Gasteiger partial charge < -0.3 is 10.7 Å². The number of halogens is 1. The highest BCUT2D eigenvalue weighted by Gasteiger charge is 2.01. The molecule has 0 spiro atoms. The average molecular weight is 200 g/mol. The number of hydrogen-bond acceptors (Lipinski definition) is 3. The second-order valence-corrected chi connectivity index (χ2v) is 2.67. The molecule has 0 radical (unpaired) electrons. The minimum Gasteiger partial charge on any atom is -0.356 e. The number of nitrogens with zero attached hydrogens (tertiary/aromatic N) is 1. The molecular formula is C7H9FN4S. The maximum absolute atomic E-state index is 12.9. The van der Waals surface area contributed by atoms with E-state index in [9.17, 15) is 4.39 Å². The lowest BCUT2D eigenvalue weighted by Crippen LogP contribution is -2.39. The van der Waals surface area contributed by atoms with Crippen molar-refractivity contribution in [3.63, 3.8) is 0 Å². The molecule has 4 nitrogen and oxygen atoms in total. The van der Waals surface area contributed by atoms with Gasteiger partial charge in [-0.1, -0.05) is 0 Å². The van der Waals surface area contributed by atoms with Crippen LogP contribution < -0.4 is 16.6 Å². The Morgan fingerprint density at radius 2 is 2.46 bits per heavy atom. The van der Waals surface area contributed by atoms with Crippen LogP contribution in [0.1, 0.15) is 5.69 Å². The molecule has 0 aliphatic heterocycles. The van der Waals surface area contributed by atoms with Crippen LogP contribution in [0.5, 0.6) is 0 Å². The monoisotopic (exact) mass is 200 g/mol. The highest BCUT2D eigenvalue weighted by molar-refractivity contribution is 7.80. The van der Waals surface area contributed by atoms with Crippen LogP contribution in [0.25, 0.3) is 0 Å². The van der Waals surface area contributed by atoms with E-state index in [0.717, 1.165) is 0 Å². The third-order valence-electron chi connectivity index (χ3n) is 1.38. The smallest absolute Gasteiger partial charge is 0.180 e. The zero-order chi connectivity index (χ0) is 9.68. The van der Waals surface area contributed by atoms with Crippen molar-refractivity contribution >= 4 is 17.3 Å². The van der Waals surface area contributed by atoms with Crippen molar-refractivity contribution in [2.45, 2.75) is 6.54 Å². The van der Waals surface area contributed by atoms with Crippen LogP contribution in [0, 0.1) is 5.82 Å². The number of thiocarbonyl (C=S) groups is 1. The van der Waals surface area contributed by atoms with Gasteiger partial charge in [0.2, 0.25) is 0 Å². The number of nitrogens with two attached hydrogens (primary N) is 1. The first kappa shape index (κ1) is 9.82. The Labute approximate surface area is 80.3 Å². The van der Waals surface area contributed by atoms with Crippen molar-refractivity contribution in [2.75, 3.05) is 0 Å². The van der Waals surface area contributed by atoms with E-state index in [1.54, 1.807) is 0 Å². The van der Waals surface area contributed by atoms with Crippen LogP contribution in [0.4, 0.5) is 4.39 Å². The summed E-state index contributed by atoms with van der Waals surface area (Å²) >= 11 is 4.70. The van der Waals surface area contributed by atoms with Gasteiger partial charge in [-0.05, 0) is 24.4 Å². The first-order valence-corrected chi connectivity index (χ1v) is 3.98. The first-order valence-electron chi connectivity index (χ1n) is 3.58. The van der Waals surface area contributed by atoms with E-state index in [2.05, 4.69) is 15.7 Å². The van der Waals surface area contributed by atoms with Crippen molar-refractivity contribution in [3.05, 3.63) is 29.8 Å². The zero-order valence-corrected chi connectivity index (χ0v) is 7.57. The number of aromatic nitrogens is 1. The van der Waals surface area contributed by atoms with Gasteiger partial charge in [0.05, 0.1) is 12.2 Å². The summed E-state index contributed by atoms with van der Waals surface area (Å²) in [5, 5.41) is 2.94. The lowest BCUT2D eigenvalue weighted by atomic mass is 10.3. The fourth-order valence-electron chi connectivity index (χ4n) is 0.763. The summed E-state index contributed by atoms with van der Waals surface area (Å²) in [5.41, 5.74) is 2.53. The topological polar surface area (TPSA) is 63.0 Å². The van der Waals surface area contributed by atoms with Gasteiger partial charge in [0.15, 0.2) is 5.11 Å². The minimum absolute atomic E-state index is 0.218. The number of hydrogen-bond donors (Lipinski definition) is 3. The molecule has 0 bridgehead atoms. The third kappa shape index (κ3) is 2.92. The molecule has 0 unspecified atom stereocenters. The molecule has 1 rings (SSSR count). The molecule has 4 N–H and O–H groups in total. The molecule has 13 heavy (non-hydrogen) atoms. The molecule has 0 saturated carbocycles. The summed E-state index contributed by atoms with van der Waals surface area (Å²) in [6.07, 6.45) is 1.51. The Morgan fingerprint density at radius 3 is 3.08 bits per heavy atom. The van der Waals surface area contributed by atoms with Gasteiger partial charge in [0, 0.05) is 6.20 Å². The molecule has 0 aliphatic carbocycles. The number of hydrazine groups is 1.